The van der Waals surface area contributed by atoms with Gasteiger partial charge < -0.3 is 15.7 Å². The molecule has 0 radical (unpaired) electrons. The van der Waals surface area contributed by atoms with Crippen molar-refractivity contribution in [2.45, 2.75) is 55.7 Å². The number of hydrogen-bond donors (Lipinski definition) is 3. The normalized spacial score (nSPS) is 17.0. The van der Waals surface area contributed by atoms with E-state index in [1.165, 1.54) is 11.8 Å². The van der Waals surface area contributed by atoms with Gasteiger partial charge in [-0.15, -0.1) is 11.8 Å². The highest BCUT2D eigenvalue weighted by Gasteiger charge is 2.32. The average Bonchev–Trinajstić information content (AvgIpc) is 2.54. The fourth-order valence-corrected chi connectivity index (χ4v) is 3.60. The lowest BCUT2D eigenvalue weighted by atomic mass is 9.88. The zero-order chi connectivity index (χ0) is 17.9. The number of nitrogens with one attached hydrogen (secondary N) is 2. The highest BCUT2D eigenvalue weighted by molar-refractivity contribution is 8.00. The van der Waals surface area contributed by atoms with Gasteiger partial charge in [-0.2, -0.15) is 0 Å². The second-order valence-electron chi connectivity index (χ2n) is 5.97. The molecule has 1 aromatic carbocycles. The maximum atomic E-state index is 12.6. The van der Waals surface area contributed by atoms with Crippen LogP contribution >= 0.6 is 11.8 Å². The summed E-state index contributed by atoms with van der Waals surface area (Å²) in [7, 11) is 0. The van der Waals surface area contributed by atoms with Crippen LogP contribution in [-0.2, 0) is 9.59 Å². The summed E-state index contributed by atoms with van der Waals surface area (Å²) in [5, 5.41) is 14.6. The third-order valence-corrected chi connectivity index (χ3v) is 5.57. The molecule has 0 aliphatic carbocycles. The van der Waals surface area contributed by atoms with Gasteiger partial charge in [0.1, 0.15) is 0 Å². The maximum Gasteiger partial charge on any atom is 0.305 e. The number of carbonyl (C=O) groups is 3. The van der Waals surface area contributed by atoms with Crippen LogP contribution in [0.15, 0.2) is 23.1 Å². The topological polar surface area (TPSA) is 95.5 Å². The molecule has 3 N–H and O–H groups in total. The number of fused-ring (bicyclic) bond motifs is 1. The molecule has 2 rings (SSSR count). The number of anilines is 1. The summed E-state index contributed by atoms with van der Waals surface area (Å²) in [6.45, 7) is 5.54. The lowest BCUT2D eigenvalue weighted by molar-refractivity contribution is -0.138. The van der Waals surface area contributed by atoms with Crippen molar-refractivity contribution in [2.24, 2.45) is 0 Å². The smallest absolute Gasteiger partial charge is 0.305 e. The molecule has 0 bridgehead atoms. The van der Waals surface area contributed by atoms with Crippen LogP contribution in [0.2, 0.25) is 0 Å². The van der Waals surface area contributed by atoms with Crippen molar-refractivity contribution in [1.29, 1.82) is 0 Å². The molecular weight excluding hydrogens is 328 g/mol. The van der Waals surface area contributed by atoms with Gasteiger partial charge in [-0.1, -0.05) is 13.8 Å². The Kier molecular flexibility index (Phi) is 5.54. The number of carbonyl (C=O) groups excluding carboxylic acids is 2. The largest absolute Gasteiger partial charge is 0.481 e. The SMILES string of the molecule is CCC(CC)(CC(=O)O)NC(=O)c1ccc2c(c1)NC(=O)C(C)S2. The van der Waals surface area contributed by atoms with Crippen molar-refractivity contribution in [2.75, 3.05) is 5.32 Å². The monoisotopic (exact) mass is 350 g/mol. The summed E-state index contributed by atoms with van der Waals surface area (Å²) in [4.78, 5) is 36.4. The number of rotatable bonds is 6. The Hall–Kier alpha value is -2.02. The van der Waals surface area contributed by atoms with E-state index in [1.807, 2.05) is 26.8 Å². The quantitative estimate of drug-likeness (QED) is 0.733. The van der Waals surface area contributed by atoms with Crippen LogP contribution in [0.5, 0.6) is 0 Å². The maximum absolute atomic E-state index is 12.6. The van der Waals surface area contributed by atoms with Crippen LogP contribution in [0, 0.1) is 0 Å². The Morgan fingerprint density at radius 3 is 2.58 bits per heavy atom. The lowest BCUT2D eigenvalue weighted by Crippen LogP contribution is -2.49. The standard InChI is InChI=1S/C17H22N2O4S/c1-4-17(5-2,9-14(20)21)19-16(23)11-6-7-13-12(8-11)18-15(22)10(3)24-13/h6-8,10H,4-5,9H2,1-3H3,(H,18,22)(H,19,23)(H,20,21). The van der Waals surface area contributed by atoms with Crippen molar-refractivity contribution in [3.8, 4) is 0 Å². The summed E-state index contributed by atoms with van der Waals surface area (Å²) in [6.07, 6.45) is 0.925. The van der Waals surface area contributed by atoms with Gasteiger partial charge in [0.15, 0.2) is 0 Å². The van der Waals surface area contributed by atoms with E-state index in [1.54, 1.807) is 12.1 Å². The van der Waals surface area contributed by atoms with Crippen LogP contribution in [0.3, 0.4) is 0 Å². The minimum atomic E-state index is -0.943. The number of benzene rings is 1. The van der Waals surface area contributed by atoms with Gasteiger partial charge in [0.05, 0.1) is 22.9 Å². The molecule has 1 heterocycles. The van der Waals surface area contributed by atoms with Gasteiger partial charge in [-0.3, -0.25) is 14.4 Å². The van der Waals surface area contributed by atoms with Gasteiger partial charge in [0.2, 0.25) is 5.91 Å². The van der Waals surface area contributed by atoms with Crippen LogP contribution in [0.25, 0.3) is 0 Å². The molecule has 0 fully saturated rings. The second kappa shape index (κ2) is 7.25. The van der Waals surface area contributed by atoms with Gasteiger partial charge in [0, 0.05) is 10.5 Å². The Morgan fingerprint density at radius 2 is 2.00 bits per heavy atom. The van der Waals surface area contributed by atoms with Crippen LogP contribution in [0.1, 0.15) is 50.4 Å². The lowest BCUT2D eigenvalue weighted by Gasteiger charge is -2.31. The predicted octanol–water partition coefficient (Wildman–Crippen LogP) is 2.88. The van der Waals surface area contributed by atoms with Gasteiger partial charge in [0.25, 0.3) is 5.91 Å². The van der Waals surface area contributed by atoms with E-state index in [2.05, 4.69) is 10.6 Å². The molecule has 2 amide bonds. The Morgan fingerprint density at radius 1 is 1.33 bits per heavy atom. The van der Waals surface area contributed by atoms with E-state index >= 15 is 0 Å². The Bertz CT molecular complexity index is 671. The molecule has 7 heteroatoms. The predicted molar refractivity (Wildman–Crippen MR) is 93.4 cm³/mol. The van der Waals surface area contributed by atoms with E-state index in [4.69, 9.17) is 5.11 Å². The third-order valence-electron chi connectivity index (χ3n) is 4.39. The average molecular weight is 350 g/mol. The number of aliphatic carboxylic acids is 1. The summed E-state index contributed by atoms with van der Waals surface area (Å²) in [5.41, 5.74) is 0.249. The number of carboxylic acids is 1. The van der Waals surface area contributed by atoms with Crippen LogP contribution in [-0.4, -0.2) is 33.7 Å². The summed E-state index contributed by atoms with van der Waals surface area (Å²) >= 11 is 1.45. The van der Waals surface area contributed by atoms with E-state index in [0.29, 0.717) is 24.1 Å². The van der Waals surface area contributed by atoms with Crippen molar-refractivity contribution < 1.29 is 19.5 Å². The molecule has 1 aliphatic heterocycles. The molecule has 0 spiro atoms. The highest BCUT2D eigenvalue weighted by atomic mass is 32.2. The summed E-state index contributed by atoms with van der Waals surface area (Å²) in [6, 6.07) is 5.14. The molecular formula is C17H22N2O4S. The van der Waals surface area contributed by atoms with E-state index in [-0.39, 0.29) is 23.5 Å². The molecule has 1 atom stereocenters. The van der Waals surface area contributed by atoms with Crippen LogP contribution < -0.4 is 10.6 Å². The summed E-state index contributed by atoms with van der Waals surface area (Å²) < 4.78 is 0. The van der Waals surface area contributed by atoms with Gasteiger partial charge >= 0.3 is 5.97 Å². The molecule has 1 unspecified atom stereocenters. The first-order valence-electron chi connectivity index (χ1n) is 7.96. The van der Waals surface area contributed by atoms with Gasteiger partial charge in [-0.25, -0.2) is 0 Å². The van der Waals surface area contributed by atoms with Crippen molar-refractivity contribution >= 4 is 35.2 Å². The van der Waals surface area contributed by atoms with Crippen LogP contribution in [0.4, 0.5) is 5.69 Å². The van der Waals surface area contributed by atoms with E-state index in [0.717, 1.165) is 4.90 Å². The zero-order valence-electron chi connectivity index (χ0n) is 14.0. The number of hydrogen-bond acceptors (Lipinski definition) is 4. The number of amides is 2. The highest BCUT2D eigenvalue weighted by Crippen LogP contribution is 2.36. The van der Waals surface area contributed by atoms with Gasteiger partial charge in [-0.05, 0) is 38.0 Å². The molecule has 24 heavy (non-hydrogen) atoms. The third kappa shape index (κ3) is 3.90. The fraction of sp³-hybridized carbons (Fsp3) is 0.471. The molecule has 130 valence electrons. The molecule has 0 aromatic heterocycles. The minimum absolute atomic E-state index is 0.0904. The molecule has 0 saturated carbocycles. The minimum Gasteiger partial charge on any atom is -0.481 e. The molecule has 1 aliphatic rings. The first kappa shape index (κ1) is 18.3. The molecule has 6 nitrogen and oxygen atoms in total. The number of thioether (sulfide) groups is 1. The zero-order valence-corrected chi connectivity index (χ0v) is 14.8. The molecule has 1 aromatic rings. The fourth-order valence-electron chi connectivity index (χ4n) is 2.67. The first-order valence-corrected chi connectivity index (χ1v) is 8.84. The second-order valence-corrected chi connectivity index (χ2v) is 7.35. The van der Waals surface area contributed by atoms with Crippen molar-refractivity contribution in [1.82, 2.24) is 5.32 Å². The summed E-state index contributed by atoms with van der Waals surface area (Å²) in [5.74, 6) is -1.37. The Balaban J connectivity index is 2.22. The molecule has 0 saturated heterocycles. The Labute approximate surface area is 145 Å². The van der Waals surface area contributed by atoms with Crippen molar-refractivity contribution in [3.05, 3.63) is 23.8 Å². The van der Waals surface area contributed by atoms with E-state index in [9.17, 15) is 14.4 Å². The number of carboxylic acid groups (broad SMARTS) is 1. The first-order chi connectivity index (χ1) is 11.3. The van der Waals surface area contributed by atoms with E-state index < -0.39 is 11.5 Å². The van der Waals surface area contributed by atoms with Crippen molar-refractivity contribution in [3.63, 3.8) is 0 Å².